The number of nitrogens with one attached hydrogen (secondary N) is 2. The Balaban J connectivity index is 1.68. The largest absolute Gasteiger partial charge is 0.393 e. The van der Waals surface area contributed by atoms with Crippen molar-refractivity contribution >= 4 is 11.6 Å². The maximum absolute atomic E-state index is 13.3. The van der Waals surface area contributed by atoms with E-state index in [1.807, 2.05) is 25.1 Å². The third-order valence-corrected chi connectivity index (χ3v) is 7.01. The molecule has 0 bridgehead atoms. The predicted molar refractivity (Wildman–Crippen MR) is 132 cm³/mol. The van der Waals surface area contributed by atoms with E-state index in [0.717, 1.165) is 67.6 Å². The summed E-state index contributed by atoms with van der Waals surface area (Å²) in [6.07, 6.45) is 9.98. The van der Waals surface area contributed by atoms with Gasteiger partial charge < -0.3 is 20.3 Å². The SMILES string of the molecule is CCN(c1cccc2c1C/C=C/CCc1cc(C)[nH]c(=O)c1CNC2=O)C1CCC(O)CC1. The summed E-state index contributed by atoms with van der Waals surface area (Å²) in [6, 6.07) is 8.32. The van der Waals surface area contributed by atoms with E-state index in [-0.39, 0.29) is 24.1 Å². The number of aromatic nitrogens is 1. The topological polar surface area (TPSA) is 85.4 Å². The van der Waals surface area contributed by atoms with Gasteiger partial charge in [0, 0.05) is 41.6 Å². The van der Waals surface area contributed by atoms with Gasteiger partial charge in [-0.05, 0) is 88.1 Å². The second-order valence-electron chi connectivity index (χ2n) is 9.23. The minimum absolute atomic E-state index is 0.128. The highest BCUT2D eigenvalue weighted by Crippen LogP contribution is 2.32. The Hall–Kier alpha value is -2.86. The van der Waals surface area contributed by atoms with E-state index in [2.05, 4.69) is 40.3 Å². The molecule has 6 heteroatoms. The number of aryl methyl sites for hydroxylation is 2. The number of anilines is 1. The van der Waals surface area contributed by atoms with Crippen molar-refractivity contribution in [3.05, 3.63) is 74.7 Å². The number of carbonyl (C=O) groups is 1. The fraction of sp³-hybridized carbons (Fsp3) is 0.481. The van der Waals surface area contributed by atoms with Crippen molar-refractivity contribution in [2.24, 2.45) is 0 Å². The Morgan fingerprint density at radius 3 is 2.64 bits per heavy atom. The molecule has 2 aromatic rings. The lowest BCUT2D eigenvalue weighted by molar-refractivity contribution is 0.0950. The Kier molecular flexibility index (Phi) is 7.33. The summed E-state index contributed by atoms with van der Waals surface area (Å²) in [5, 5.41) is 13.0. The molecular formula is C27H35N3O3. The summed E-state index contributed by atoms with van der Waals surface area (Å²) >= 11 is 0. The average molecular weight is 450 g/mol. The predicted octanol–water partition coefficient (Wildman–Crippen LogP) is 3.79. The van der Waals surface area contributed by atoms with Gasteiger partial charge in [-0.1, -0.05) is 18.2 Å². The van der Waals surface area contributed by atoms with Crippen molar-refractivity contribution in [3.63, 3.8) is 0 Å². The third kappa shape index (κ3) is 5.22. The standard InChI is InChI=1S/C27H35N3O3/c1-3-30(20-12-14-21(31)15-13-20)25-11-7-10-23-22(25)9-6-4-5-8-19-16-18(2)29-27(33)24(19)17-28-26(23)32/h4,6-7,10-11,16,20-21,31H,3,5,8-9,12-15,17H2,1-2H3,(H,28,32)(H,29,33)/b6-4+. The maximum atomic E-state index is 13.3. The number of rotatable bonds is 3. The summed E-state index contributed by atoms with van der Waals surface area (Å²) < 4.78 is 0. The van der Waals surface area contributed by atoms with Gasteiger partial charge in [-0.3, -0.25) is 9.59 Å². The molecule has 2 aliphatic rings. The van der Waals surface area contributed by atoms with Crippen LogP contribution in [0.4, 0.5) is 5.69 Å². The molecule has 3 N–H and O–H groups in total. The van der Waals surface area contributed by atoms with Crippen molar-refractivity contribution < 1.29 is 9.90 Å². The molecule has 1 fully saturated rings. The van der Waals surface area contributed by atoms with E-state index >= 15 is 0 Å². The number of aromatic amines is 1. The highest BCUT2D eigenvalue weighted by atomic mass is 16.3. The van der Waals surface area contributed by atoms with Crippen LogP contribution in [0.3, 0.4) is 0 Å². The molecule has 0 atom stereocenters. The van der Waals surface area contributed by atoms with Crippen LogP contribution in [0.5, 0.6) is 0 Å². The molecule has 2 heterocycles. The fourth-order valence-corrected chi connectivity index (χ4v) is 5.29. The first kappa shape index (κ1) is 23.3. The molecule has 0 saturated heterocycles. The average Bonchev–Trinajstić information content (AvgIpc) is 2.79. The molecule has 176 valence electrons. The Labute approximate surface area is 195 Å². The maximum Gasteiger partial charge on any atom is 0.253 e. The first-order valence-corrected chi connectivity index (χ1v) is 12.2. The summed E-state index contributed by atoms with van der Waals surface area (Å²) in [5.41, 5.74) is 5.13. The second-order valence-corrected chi connectivity index (χ2v) is 9.23. The first-order chi connectivity index (χ1) is 16.0. The second kappa shape index (κ2) is 10.4. The summed E-state index contributed by atoms with van der Waals surface area (Å²) in [5.74, 6) is -0.151. The molecule has 1 saturated carbocycles. The molecule has 1 aliphatic carbocycles. The van der Waals surface area contributed by atoms with Crippen LogP contribution in [0.1, 0.15) is 71.8 Å². The summed E-state index contributed by atoms with van der Waals surface area (Å²) in [4.78, 5) is 31.1. The van der Waals surface area contributed by atoms with Crippen LogP contribution in [0.15, 0.2) is 41.2 Å². The summed E-state index contributed by atoms with van der Waals surface area (Å²) in [7, 11) is 0. The highest BCUT2D eigenvalue weighted by Gasteiger charge is 2.27. The molecule has 1 aliphatic heterocycles. The highest BCUT2D eigenvalue weighted by molar-refractivity contribution is 5.97. The van der Waals surface area contributed by atoms with Gasteiger partial charge in [-0.25, -0.2) is 0 Å². The third-order valence-electron chi connectivity index (χ3n) is 7.01. The van der Waals surface area contributed by atoms with E-state index in [4.69, 9.17) is 0 Å². The molecular weight excluding hydrogens is 414 g/mol. The van der Waals surface area contributed by atoms with Gasteiger partial charge in [-0.15, -0.1) is 0 Å². The van der Waals surface area contributed by atoms with E-state index in [1.54, 1.807) is 0 Å². The number of carbonyl (C=O) groups excluding carboxylic acids is 1. The van der Waals surface area contributed by atoms with E-state index < -0.39 is 0 Å². The number of aliphatic hydroxyl groups excluding tert-OH is 1. The van der Waals surface area contributed by atoms with E-state index in [9.17, 15) is 14.7 Å². The lowest BCUT2D eigenvalue weighted by Gasteiger charge is -2.38. The monoisotopic (exact) mass is 449 g/mol. The van der Waals surface area contributed by atoms with Crippen molar-refractivity contribution in [3.8, 4) is 0 Å². The Morgan fingerprint density at radius 2 is 1.88 bits per heavy atom. The molecule has 4 rings (SSSR count). The van der Waals surface area contributed by atoms with Gasteiger partial charge in [-0.2, -0.15) is 0 Å². The van der Waals surface area contributed by atoms with Crippen LogP contribution in [0.25, 0.3) is 0 Å². The van der Waals surface area contributed by atoms with Crippen molar-refractivity contribution in [2.45, 2.75) is 77.5 Å². The molecule has 0 spiro atoms. The zero-order valence-corrected chi connectivity index (χ0v) is 19.7. The van der Waals surface area contributed by atoms with Crippen molar-refractivity contribution in [2.75, 3.05) is 11.4 Å². The van der Waals surface area contributed by atoms with Crippen LogP contribution >= 0.6 is 0 Å². The van der Waals surface area contributed by atoms with Gasteiger partial charge in [0.25, 0.3) is 11.5 Å². The normalized spacial score (nSPS) is 22.2. The lowest BCUT2D eigenvalue weighted by atomic mass is 9.90. The molecule has 1 amide bonds. The molecule has 0 unspecified atom stereocenters. The number of H-pyrrole nitrogens is 1. The number of allylic oxidation sites excluding steroid dienone is 2. The molecule has 33 heavy (non-hydrogen) atoms. The fourth-order valence-electron chi connectivity index (χ4n) is 5.29. The Morgan fingerprint density at radius 1 is 1.09 bits per heavy atom. The van der Waals surface area contributed by atoms with Gasteiger partial charge in [0.1, 0.15) is 0 Å². The number of hydrogen-bond donors (Lipinski definition) is 3. The first-order valence-electron chi connectivity index (χ1n) is 12.2. The van der Waals surface area contributed by atoms with Crippen LogP contribution in [-0.2, 0) is 19.4 Å². The molecule has 1 aromatic heterocycles. The van der Waals surface area contributed by atoms with Gasteiger partial charge >= 0.3 is 0 Å². The van der Waals surface area contributed by atoms with Crippen LogP contribution in [-0.4, -0.2) is 34.7 Å². The van der Waals surface area contributed by atoms with Crippen LogP contribution in [0.2, 0.25) is 0 Å². The summed E-state index contributed by atoms with van der Waals surface area (Å²) in [6.45, 7) is 5.11. The molecule has 1 aromatic carbocycles. The number of amides is 1. The lowest BCUT2D eigenvalue weighted by Crippen LogP contribution is -2.40. The quantitative estimate of drug-likeness (QED) is 0.623. The number of aliphatic hydroxyl groups is 1. The Bertz CT molecular complexity index is 1080. The van der Waals surface area contributed by atoms with Crippen LogP contribution < -0.4 is 15.8 Å². The number of hydrogen-bond acceptors (Lipinski definition) is 4. The molecule has 0 radical (unpaired) electrons. The van der Waals surface area contributed by atoms with Crippen molar-refractivity contribution in [1.29, 1.82) is 0 Å². The zero-order valence-electron chi connectivity index (χ0n) is 19.7. The molecule has 6 nitrogen and oxygen atoms in total. The van der Waals surface area contributed by atoms with Crippen molar-refractivity contribution in [1.82, 2.24) is 10.3 Å². The number of fused-ring (bicyclic) bond motifs is 2. The van der Waals surface area contributed by atoms with Crippen LogP contribution in [0, 0.1) is 6.92 Å². The van der Waals surface area contributed by atoms with E-state index in [0.29, 0.717) is 23.6 Å². The number of nitrogens with zero attached hydrogens (tertiary/aromatic N) is 1. The number of pyridine rings is 1. The zero-order chi connectivity index (χ0) is 23.4. The number of benzene rings is 1. The minimum atomic E-state index is -0.195. The smallest absolute Gasteiger partial charge is 0.253 e. The van der Waals surface area contributed by atoms with E-state index in [1.165, 1.54) is 0 Å². The van der Waals surface area contributed by atoms with Gasteiger partial charge in [0.05, 0.1) is 6.10 Å². The van der Waals surface area contributed by atoms with Gasteiger partial charge in [0.15, 0.2) is 0 Å². The van der Waals surface area contributed by atoms with Gasteiger partial charge in [0.2, 0.25) is 0 Å². The minimum Gasteiger partial charge on any atom is -0.393 e.